The van der Waals surface area contributed by atoms with Crippen molar-refractivity contribution in [3.63, 3.8) is 0 Å². The minimum atomic E-state index is -0.117. The zero-order valence-corrected chi connectivity index (χ0v) is 13.2. The molecule has 1 rings (SSSR count). The van der Waals surface area contributed by atoms with Crippen LogP contribution in [0, 0.1) is 5.92 Å². The van der Waals surface area contributed by atoms with Gasteiger partial charge in [-0.1, -0.05) is 33.1 Å². The van der Waals surface area contributed by atoms with Gasteiger partial charge in [-0.2, -0.15) is 0 Å². The van der Waals surface area contributed by atoms with Gasteiger partial charge in [-0.25, -0.2) is 0 Å². The summed E-state index contributed by atoms with van der Waals surface area (Å²) in [6.45, 7) is 6.53. The first-order chi connectivity index (χ1) is 10.1. The van der Waals surface area contributed by atoms with E-state index in [2.05, 4.69) is 24.5 Å². The summed E-state index contributed by atoms with van der Waals surface area (Å²) in [7, 11) is 0. The maximum Gasteiger partial charge on any atom is 0.251 e. The Morgan fingerprint density at radius 1 is 1.14 bits per heavy atom. The van der Waals surface area contributed by atoms with Crippen LogP contribution in [0.15, 0.2) is 24.3 Å². The number of nitrogens with one attached hydrogen (secondary N) is 2. The molecule has 4 heteroatoms. The Morgan fingerprint density at radius 3 is 2.33 bits per heavy atom. The van der Waals surface area contributed by atoms with Crippen LogP contribution in [0.4, 0.5) is 5.69 Å². The van der Waals surface area contributed by atoms with E-state index in [0.717, 1.165) is 19.4 Å². The normalized spacial score (nSPS) is 11.8. The molecule has 2 N–H and O–H groups in total. The van der Waals surface area contributed by atoms with Gasteiger partial charge in [0.05, 0.1) is 0 Å². The average Bonchev–Trinajstić information content (AvgIpc) is 2.47. The van der Waals surface area contributed by atoms with Crippen LogP contribution in [0.3, 0.4) is 0 Å². The Hall–Kier alpha value is -1.84. The molecule has 1 atom stereocenters. The highest BCUT2D eigenvalue weighted by Crippen LogP contribution is 2.12. The van der Waals surface area contributed by atoms with Crippen molar-refractivity contribution in [3.8, 4) is 0 Å². The van der Waals surface area contributed by atoms with Gasteiger partial charge in [0.25, 0.3) is 5.91 Å². The van der Waals surface area contributed by atoms with Gasteiger partial charge in [-0.3, -0.25) is 9.59 Å². The Bertz CT molecular complexity index is 454. The van der Waals surface area contributed by atoms with Crippen molar-refractivity contribution in [3.05, 3.63) is 29.8 Å². The molecule has 4 nitrogen and oxygen atoms in total. The molecule has 0 aliphatic heterocycles. The minimum absolute atomic E-state index is 0.0562. The zero-order valence-electron chi connectivity index (χ0n) is 13.2. The van der Waals surface area contributed by atoms with Gasteiger partial charge in [-0.05, 0) is 36.6 Å². The van der Waals surface area contributed by atoms with Crippen molar-refractivity contribution >= 4 is 17.5 Å². The predicted octanol–water partition coefficient (Wildman–Crippen LogP) is 3.59. The zero-order chi connectivity index (χ0) is 15.7. The molecule has 0 aliphatic rings. The molecule has 0 aliphatic carbocycles. The molecule has 0 aromatic heterocycles. The Morgan fingerprint density at radius 2 is 1.81 bits per heavy atom. The molecule has 116 valence electrons. The van der Waals surface area contributed by atoms with Gasteiger partial charge in [-0.15, -0.1) is 0 Å². The topological polar surface area (TPSA) is 58.2 Å². The van der Waals surface area contributed by atoms with E-state index in [1.807, 2.05) is 0 Å². The van der Waals surface area contributed by atoms with Crippen LogP contribution in [0.5, 0.6) is 0 Å². The molecule has 0 saturated heterocycles. The van der Waals surface area contributed by atoms with E-state index < -0.39 is 0 Å². The monoisotopic (exact) mass is 290 g/mol. The Kier molecular flexibility index (Phi) is 7.51. The lowest BCUT2D eigenvalue weighted by Crippen LogP contribution is -2.29. The van der Waals surface area contributed by atoms with Crippen molar-refractivity contribution in [2.75, 3.05) is 11.9 Å². The first-order valence-electron chi connectivity index (χ1n) is 7.72. The molecule has 21 heavy (non-hydrogen) atoms. The third-order valence-electron chi connectivity index (χ3n) is 3.56. The molecule has 0 spiro atoms. The fraction of sp³-hybridized carbons (Fsp3) is 0.529. The van der Waals surface area contributed by atoms with E-state index in [1.165, 1.54) is 19.8 Å². The summed E-state index contributed by atoms with van der Waals surface area (Å²) in [6, 6.07) is 6.94. The molecular formula is C17H26N2O2. The maximum absolute atomic E-state index is 12.1. The van der Waals surface area contributed by atoms with Crippen LogP contribution in [-0.2, 0) is 4.79 Å². The summed E-state index contributed by atoms with van der Waals surface area (Å²) in [5.74, 6) is 0.376. The number of carbonyl (C=O) groups excluding carboxylic acids is 2. The van der Waals surface area contributed by atoms with Crippen LogP contribution in [-0.4, -0.2) is 18.4 Å². The molecule has 1 unspecified atom stereocenters. The van der Waals surface area contributed by atoms with Crippen molar-refractivity contribution in [1.29, 1.82) is 0 Å². The fourth-order valence-electron chi connectivity index (χ4n) is 2.19. The third kappa shape index (κ3) is 6.43. The standard InChI is InChI=1S/C17H26N2O2/c1-4-6-7-14(5-2)12-18-17(21)15-8-10-16(11-9-15)19-13(3)20/h8-11,14H,4-7,12H2,1-3H3,(H,18,21)(H,19,20). The van der Waals surface area contributed by atoms with E-state index in [4.69, 9.17) is 0 Å². The number of unbranched alkanes of at least 4 members (excludes halogenated alkanes) is 1. The second-order valence-electron chi connectivity index (χ2n) is 5.39. The second-order valence-corrected chi connectivity index (χ2v) is 5.39. The Labute approximate surface area is 127 Å². The van der Waals surface area contributed by atoms with Crippen LogP contribution in [0.25, 0.3) is 0 Å². The van der Waals surface area contributed by atoms with E-state index in [0.29, 0.717) is 17.2 Å². The third-order valence-corrected chi connectivity index (χ3v) is 3.56. The van der Waals surface area contributed by atoms with Gasteiger partial charge >= 0.3 is 0 Å². The largest absolute Gasteiger partial charge is 0.352 e. The highest BCUT2D eigenvalue weighted by atomic mass is 16.2. The van der Waals surface area contributed by atoms with Gasteiger partial charge in [0.1, 0.15) is 0 Å². The van der Waals surface area contributed by atoms with Crippen LogP contribution in [0.1, 0.15) is 56.8 Å². The number of rotatable bonds is 8. The number of hydrogen-bond acceptors (Lipinski definition) is 2. The summed E-state index contributed by atoms with van der Waals surface area (Å²) in [5.41, 5.74) is 1.32. The molecule has 1 aromatic carbocycles. The van der Waals surface area contributed by atoms with Crippen molar-refractivity contribution in [2.24, 2.45) is 5.92 Å². The molecular weight excluding hydrogens is 264 g/mol. The van der Waals surface area contributed by atoms with E-state index in [-0.39, 0.29) is 11.8 Å². The van der Waals surface area contributed by atoms with Crippen molar-refractivity contribution in [1.82, 2.24) is 5.32 Å². The molecule has 0 radical (unpaired) electrons. The lowest BCUT2D eigenvalue weighted by atomic mass is 9.99. The molecule has 0 bridgehead atoms. The van der Waals surface area contributed by atoms with Crippen LogP contribution >= 0.6 is 0 Å². The van der Waals surface area contributed by atoms with Crippen LogP contribution < -0.4 is 10.6 Å². The molecule has 0 heterocycles. The Balaban J connectivity index is 2.49. The highest BCUT2D eigenvalue weighted by Gasteiger charge is 2.10. The van der Waals surface area contributed by atoms with Gasteiger partial charge in [0.15, 0.2) is 0 Å². The number of hydrogen-bond donors (Lipinski definition) is 2. The first kappa shape index (κ1) is 17.2. The maximum atomic E-state index is 12.1. The smallest absolute Gasteiger partial charge is 0.251 e. The fourth-order valence-corrected chi connectivity index (χ4v) is 2.19. The quantitative estimate of drug-likeness (QED) is 0.768. The number of benzene rings is 1. The number of amides is 2. The van der Waals surface area contributed by atoms with Crippen molar-refractivity contribution < 1.29 is 9.59 Å². The molecule has 0 saturated carbocycles. The molecule has 2 amide bonds. The SMILES string of the molecule is CCCCC(CC)CNC(=O)c1ccc(NC(C)=O)cc1. The second kappa shape index (κ2) is 9.16. The summed E-state index contributed by atoms with van der Waals surface area (Å²) >= 11 is 0. The van der Waals surface area contributed by atoms with E-state index in [1.54, 1.807) is 24.3 Å². The molecule has 0 fully saturated rings. The molecule has 1 aromatic rings. The summed E-state index contributed by atoms with van der Waals surface area (Å²) in [6.07, 6.45) is 4.64. The number of anilines is 1. The lowest BCUT2D eigenvalue weighted by molar-refractivity contribution is -0.114. The summed E-state index contributed by atoms with van der Waals surface area (Å²) in [5, 5.41) is 5.68. The van der Waals surface area contributed by atoms with Gasteiger partial charge < -0.3 is 10.6 Å². The van der Waals surface area contributed by atoms with E-state index in [9.17, 15) is 9.59 Å². The van der Waals surface area contributed by atoms with Crippen LogP contribution in [0.2, 0.25) is 0 Å². The highest BCUT2D eigenvalue weighted by molar-refractivity contribution is 5.95. The first-order valence-corrected chi connectivity index (χ1v) is 7.72. The minimum Gasteiger partial charge on any atom is -0.352 e. The van der Waals surface area contributed by atoms with E-state index >= 15 is 0 Å². The van der Waals surface area contributed by atoms with Gasteiger partial charge in [0.2, 0.25) is 5.91 Å². The predicted molar refractivity (Wildman–Crippen MR) is 86.4 cm³/mol. The lowest BCUT2D eigenvalue weighted by Gasteiger charge is -2.15. The number of carbonyl (C=O) groups is 2. The van der Waals surface area contributed by atoms with Crippen molar-refractivity contribution in [2.45, 2.75) is 46.5 Å². The summed E-state index contributed by atoms with van der Waals surface area (Å²) in [4.78, 5) is 23.0. The summed E-state index contributed by atoms with van der Waals surface area (Å²) < 4.78 is 0. The van der Waals surface area contributed by atoms with Gasteiger partial charge in [0, 0.05) is 24.7 Å². The average molecular weight is 290 g/mol.